The molecular formula is C20H23F4N3O2. The number of halogens is 4. The molecule has 1 saturated heterocycles. The topological polar surface area (TPSA) is 58.5 Å². The first kappa shape index (κ1) is 21.4. The Morgan fingerprint density at radius 3 is 2.55 bits per heavy atom. The van der Waals surface area contributed by atoms with Crippen molar-refractivity contribution in [2.75, 3.05) is 27.2 Å². The third-order valence-electron chi connectivity index (χ3n) is 5.26. The van der Waals surface area contributed by atoms with Gasteiger partial charge in [-0.05, 0) is 57.1 Å². The van der Waals surface area contributed by atoms with E-state index in [2.05, 4.69) is 15.1 Å². The standard InChI is InChI=1S/C20H23F4N3O2/c1-11-7-16(19(28)12-5-4-6-27(2)10-12)25-26-18(11)13-8-15(21)14(20(22,23)24)9-17(13)29-3/h7-9,12,19,28H,4-6,10H2,1-3H3/t12-,19?/m1/s1. The van der Waals surface area contributed by atoms with Gasteiger partial charge in [-0.2, -0.15) is 18.3 Å². The van der Waals surface area contributed by atoms with Crippen LogP contribution >= 0.6 is 0 Å². The van der Waals surface area contributed by atoms with Crippen molar-refractivity contribution < 1.29 is 27.4 Å². The van der Waals surface area contributed by atoms with Gasteiger partial charge in [0.1, 0.15) is 17.7 Å². The van der Waals surface area contributed by atoms with E-state index in [1.807, 2.05) is 7.05 Å². The first-order chi connectivity index (χ1) is 13.6. The van der Waals surface area contributed by atoms with E-state index < -0.39 is 23.7 Å². The average Bonchev–Trinajstić information content (AvgIpc) is 2.66. The fourth-order valence-electron chi connectivity index (χ4n) is 3.75. The summed E-state index contributed by atoms with van der Waals surface area (Å²) in [7, 11) is 3.20. The van der Waals surface area contributed by atoms with Crippen LogP contribution in [0.5, 0.6) is 5.75 Å². The first-order valence-electron chi connectivity index (χ1n) is 9.27. The molecule has 0 spiro atoms. The van der Waals surface area contributed by atoms with Gasteiger partial charge in [0.15, 0.2) is 0 Å². The third-order valence-corrected chi connectivity index (χ3v) is 5.26. The van der Waals surface area contributed by atoms with Crippen LogP contribution in [0.3, 0.4) is 0 Å². The maximum absolute atomic E-state index is 14.1. The summed E-state index contributed by atoms with van der Waals surface area (Å²) < 4.78 is 58.0. The van der Waals surface area contributed by atoms with Gasteiger partial charge in [-0.3, -0.25) is 0 Å². The Balaban J connectivity index is 1.95. The van der Waals surface area contributed by atoms with Gasteiger partial charge >= 0.3 is 6.18 Å². The van der Waals surface area contributed by atoms with E-state index in [0.717, 1.165) is 32.0 Å². The Labute approximate surface area is 166 Å². The van der Waals surface area contributed by atoms with Crippen molar-refractivity contribution in [3.05, 3.63) is 40.8 Å². The van der Waals surface area contributed by atoms with E-state index in [9.17, 15) is 22.7 Å². The quantitative estimate of drug-likeness (QED) is 0.768. The van der Waals surface area contributed by atoms with Crippen molar-refractivity contribution in [3.63, 3.8) is 0 Å². The Morgan fingerprint density at radius 1 is 1.24 bits per heavy atom. The molecule has 3 rings (SSSR count). The van der Waals surface area contributed by atoms with Gasteiger partial charge in [0, 0.05) is 18.0 Å². The third kappa shape index (κ3) is 4.51. The molecule has 0 saturated carbocycles. The van der Waals surface area contributed by atoms with Crippen LogP contribution in [0.4, 0.5) is 17.6 Å². The predicted molar refractivity (Wildman–Crippen MR) is 98.9 cm³/mol. The van der Waals surface area contributed by atoms with Crippen molar-refractivity contribution in [2.24, 2.45) is 5.92 Å². The number of alkyl halides is 3. The molecule has 1 aromatic heterocycles. The zero-order valence-electron chi connectivity index (χ0n) is 16.4. The molecule has 0 amide bonds. The largest absolute Gasteiger partial charge is 0.496 e. The smallest absolute Gasteiger partial charge is 0.419 e. The summed E-state index contributed by atoms with van der Waals surface area (Å²) in [6.45, 7) is 3.40. The molecule has 9 heteroatoms. The van der Waals surface area contributed by atoms with E-state index in [1.165, 1.54) is 7.11 Å². The number of rotatable bonds is 4. The van der Waals surface area contributed by atoms with Crippen molar-refractivity contribution >= 4 is 0 Å². The minimum Gasteiger partial charge on any atom is -0.496 e. The van der Waals surface area contributed by atoms with Crippen molar-refractivity contribution in [2.45, 2.75) is 32.0 Å². The van der Waals surface area contributed by atoms with E-state index in [0.29, 0.717) is 17.3 Å². The van der Waals surface area contributed by atoms with Gasteiger partial charge in [0.25, 0.3) is 0 Å². The maximum Gasteiger partial charge on any atom is 0.419 e. The molecular weight excluding hydrogens is 390 g/mol. The highest BCUT2D eigenvalue weighted by molar-refractivity contribution is 5.70. The molecule has 2 atom stereocenters. The highest BCUT2D eigenvalue weighted by Gasteiger charge is 2.36. The summed E-state index contributed by atoms with van der Waals surface area (Å²) >= 11 is 0. The van der Waals surface area contributed by atoms with Crippen molar-refractivity contribution in [1.29, 1.82) is 0 Å². The molecule has 158 valence electrons. The van der Waals surface area contributed by atoms with Gasteiger partial charge in [-0.1, -0.05) is 0 Å². The van der Waals surface area contributed by atoms with Crippen molar-refractivity contribution in [3.8, 4) is 17.0 Å². The molecule has 1 aliphatic heterocycles. The van der Waals surface area contributed by atoms with Crippen LogP contribution in [0.1, 0.15) is 35.8 Å². The Bertz CT molecular complexity index is 889. The molecule has 0 aliphatic carbocycles. The van der Waals surface area contributed by atoms with Crippen LogP contribution in [-0.2, 0) is 6.18 Å². The molecule has 1 unspecified atom stereocenters. The fraction of sp³-hybridized carbons (Fsp3) is 0.500. The number of aliphatic hydroxyl groups is 1. The molecule has 1 aromatic carbocycles. The first-order valence-corrected chi connectivity index (χ1v) is 9.27. The van der Waals surface area contributed by atoms with Gasteiger partial charge in [-0.15, -0.1) is 5.10 Å². The number of likely N-dealkylation sites (tertiary alicyclic amines) is 1. The zero-order chi connectivity index (χ0) is 21.3. The number of hydrogen-bond donors (Lipinski definition) is 1. The van der Waals surface area contributed by atoms with Gasteiger partial charge < -0.3 is 14.7 Å². The monoisotopic (exact) mass is 413 g/mol. The maximum atomic E-state index is 14.1. The molecule has 0 bridgehead atoms. The molecule has 1 N–H and O–H groups in total. The molecule has 5 nitrogen and oxygen atoms in total. The lowest BCUT2D eigenvalue weighted by Gasteiger charge is -2.32. The predicted octanol–water partition coefficient (Wildman–Crippen LogP) is 3.99. The zero-order valence-corrected chi connectivity index (χ0v) is 16.4. The summed E-state index contributed by atoms with van der Waals surface area (Å²) in [5, 5.41) is 18.8. The van der Waals surface area contributed by atoms with Crippen LogP contribution in [0, 0.1) is 18.7 Å². The van der Waals surface area contributed by atoms with Gasteiger partial charge in [-0.25, -0.2) is 4.39 Å². The van der Waals surface area contributed by atoms with Crippen LogP contribution < -0.4 is 4.74 Å². The number of benzene rings is 1. The Hall–Kier alpha value is -2.26. The summed E-state index contributed by atoms with van der Waals surface area (Å²) in [5.74, 6) is -1.55. The molecule has 1 fully saturated rings. The van der Waals surface area contributed by atoms with Crippen LogP contribution in [0.25, 0.3) is 11.3 Å². The molecule has 29 heavy (non-hydrogen) atoms. The lowest BCUT2D eigenvalue weighted by atomic mass is 9.90. The summed E-state index contributed by atoms with van der Waals surface area (Å²) in [4.78, 5) is 2.14. The number of nitrogens with zero attached hydrogens (tertiary/aromatic N) is 3. The van der Waals surface area contributed by atoms with Gasteiger partial charge in [0.2, 0.25) is 0 Å². The molecule has 1 aliphatic rings. The number of aromatic nitrogens is 2. The van der Waals surface area contributed by atoms with E-state index in [4.69, 9.17) is 4.74 Å². The average molecular weight is 413 g/mol. The Kier molecular flexibility index (Phi) is 6.09. The summed E-state index contributed by atoms with van der Waals surface area (Å²) in [5.41, 5.74) is -0.196. The van der Waals surface area contributed by atoms with Crippen LogP contribution in [-0.4, -0.2) is 47.5 Å². The van der Waals surface area contributed by atoms with Crippen LogP contribution in [0.2, 0.25) is 0 Å². The minimum absolute atomic E-state index is 0.0198. The number of aryl methyl sites for hydroxylation is 1. The minimum atomic E-state index is -4.84. The van der Waals surface area contributed by atoms with E-state index >= 15 is 0 Å². The van der Waals surface area contributed by atoms with Gasteiger partial charge in [0.05, 0.1) is 24.1 Å². The number of piperidine rings is 1. The number of hydrogen-bond acceptors (Lipinski definition) is 5. The lowest BCUT2D eigenvalue weighted by Crippen LogP contribution is -2.35. The summed E-state index contributed by atoms with van der Waals surface area (Å²) in [6, 6.07) is 3.01. The number of aliphatic hydroxyl groups excluding tert-OH is 1. The number of ether oxygens (including phenoxy) is 1. The van der Waals surface area contributed by atoms with E-state index in [-0.39, 0.29) is 22.9 Å². The lowest BCUT2D eigenvalue weighted by molar-refractivity contribution is -0.140. The second-order valence-corrected chi connectivity index (χ2v) is 7.44. The molecule has 2 heterocycles. The second kappa shape index (κ2) is 8.23. The Morgan fingerprint density at radius 2 is 1.97 bits per heavy atom. The molecule has 2 aromatic rings. The molecule has 0 radical (unpaired) electrons. The highest BCUT2D eigenvalue weighted by atomic mass is 19.4. The fourth-order valence-corrected chi connectivity index (χ4v) is 3.75. The van der Waals surface area contributed by atoms with Crippen LogP contribution in [0.15, 0.2) is 18.2 Å². The highest BCUT2D eigenvalue weighted by Crippen LogP contribution is 2.39. The number of methoxy groups -OCH3 is 1. The second-order valence-electron chi connectivity index (χ2n) is 7.44. The normalized spacial score (nSPS) is 19.2. The van der Waals surface area contributed by atoms with Crippen molar-refractivity contribution in [1.82, 2.24) is 15.1 Å². The van der Waals surface area contributed by atoms with E-state index in [1.54, 1.807) is 13.0 Å². The SMILES string of the molecule is COc1cc(C(F)(F)F)c(F)cc1-c1nnc(C(O)[C@@H]2CCCN(C)C2)cc1C. The summed E-state index contributed by atoms with van der Waals surface area (Å²) in [6.07, 6.45) is -3.79.